The van der Waals surface area contributed by atoms with Crippen molar-refractivity contribution in [3.63, 3.8) is 0 Å². The molecule has 1 aliphatic carbocycles. The van der Waals surface area contributed by atoms with Crippen molar-refractivity contribution < 1.29 is 9.53 Å². The Labute approximate surface area is 179 Å². The number of amides is 1. The molecule has 2 aromatic rings. The van der Waals surface area contributed by atoms with Crippen LogP contribution < -0.4 is 10.6 Å². The maximum atomic E-state index is 12.7. The highest BCUT2D eigenvalue weighted by molar-refractivity contribution is 5.82. The molecule has 2 heterocycles. The molecule has 7 heteroatoms. The Morgan fingerprint density at radius 2 is 1.90 bits per heavy atom. The number of benzene rings is 1. The number of nitrogens with zero attached hydrogens (tertiary/aromatic N) is 4. The molecular weight excluding hydrogens is 378 g/mol. The third-order valence-electron chi connectivity index (χ3n) is 6.27. The van der Waals surface area contributed by atoms with Crippen molar-refractivity contribution in [1.82, 2.24) is 14.5 Å². The lowest BCUT2D eigenvalue weighted by atomic mass is 9.98. The van der Waals surface area contributed by atoms with Gasteiger partial charge in [0.2, 0.25) is 5.95 Å². The molecule has 7 nitrogen and oxygen atoms in total. The van der Waals surface area contributed by atoms with Gasteiger partial charge in [0, 0.05) is 31.4 Å². The smallest absolute Gasteiger partial charge is 0.410 e. The first-order chi connectivity index (χ1) is 14.0. The molecule has 1 aliphatic heterocycles. The molecule has 2 fully saturated rings. The van der Waals surface area contributed by atoms with E-state index in [4.69, 9.17) is 10.5 Å². The highest BCUT2D eigenvalue weighted by atomic mass is 16.6. The van der Waals surface area contributed by atoms with E-state index in [-0.39, 0.29) is 11.6 Å². The van der Waals surface area contributed by atoms with Gasteiger partial charge in [0.1, 0.15) is 5.60 Å². The summed E-state index contributed by atoms with van der Waals surface area (Å²) in [4.78, 5) is 21.5. The number of nitrogens with two attached hydrogens (primary N) is 1. The minimum atomic E-state index is -0.492. The lowest BCUT2D eigenvalue weighted by Crippen LogP contribution is -2.61. The fourth-order valence-corrected chi connectivity index (χ4v) is 4.87. The maximum Gasteiger partial charge on any atom is 0.410 e. The number of rotatable bonds is 2. The molecule has 0 atom stereocenters. The molecule has 0 radical (unpaired) electrons. The van der Waals surface area contributed by atoms with Gasteiger partial charge in [0.15, 0.2) is 0 Å². The van der Waals surface area contributed by atoms with Crippen molar-refractivity contribution >= 4 is 28.8 Å². The first kappa shape index (κ1) is 20.8. The SMILES string of the molecule is CC(C)(C)OC(=O)N1CCN(c2ccc3nc(N)n(C4CCCC4)c3c2)CC1(C)C. The molecule has 0 unspecified atom stereocenters. The van der Waals surface area contributed by atoms with Crippen LogP contribution in [0.4, 0.5) is 16.4 Å². The average Bonchev–Trinajstić information content (AvgIpc) is 3.24. The number of aromatic nitrogens is 2. The van der Waals surface area contributed by atoms with Gasteiger partial charge in [0.25, 0.3) is 0 Å². The fourth-order valence-electron chi connectivity index (χ4n) is 4.87. The summed E-state index contributed by atoms with van der Waals surface area (Å²) in [5.41, 5.74) is 8.68. The van der Waals surface area contributed by atoms with Crippen LogP contribution in [-0.4, -0.2) is 51.3 Å². The Balaban J connectivity index is 1.58. The quantitative estimate of drug-likeness (QED) is 0.780. The molecule has 0 spiro atoms. The fraction of sp³-hybridized carbons (Fsp3) is 0.652. The lowest BCUT2D eigenvalue weighted by Gasteiger charge is -2.47. The molecule has 4 rings (SSSR count). The van der Waals surface area contributed by atoms with Crippen LogP contribution >= 0.6 is 0 Å². The second kappa shape index (κ2) is 7.36. The largest absolute Gasteiger partial charge is 0.444 e. The van der Waals surface area contributed by atoms with Crippen LogP contribution in [0.3, 0.4) is 0 Å². The van der Waals surface area contributed by atoms with Crippen molar-refractivity contribution in [2.45, 2.75) is 77.5 Å². The van der Waals surface area contributed by atoms with E-state index in [1.54, 1.807) is 0 Å². The number of hydrogen-bond donors (Lipinski definition) is 1. The Hall–Kier alpha value is -2.44. The summed E-state index contributed by atoms with van der Waals surface area (Å²) in [5, 5.41) is 0. The summed E-state index contributed by atoms with van der Waals surface area (Å²) >= 11 is 0. The van der Waals surface area contributed by atoms with E-state index >= 15 is 0 Å². The van der Waals surface area contributed by atoms with Crippen LogP contribution in [-0.2, 0) is 4.74 Å². The Bertz CT molecular complexity index is 937. The predicted octanol–water partition coefficient (Wildman–Crippen LogP) is 4.57. The number of fused-ring (bicyclic) bond motifs is 1. The second-order valence-electron chi connectivity index (χ2n) is 10.3. The molecule has 2 N–H and O–H groups in total. The van der Waals surface area contributed by atoms with Crippen LogP contribution in [0, 0.1) is 0 Å². The van der Waals surface area contributed by atoms with E-state index in [1.807, 2.05) is 25.7 Å². The Morgan fingerprint density at radius 3 is 2.53 bits per heavy atom. The molecule has 1 saturated heterocycles. The van der Waals surface area contributed by atoms with Gasteiger partial charge in [-0.1, -0.05) is 12.8 Å². The monoisotopic (exact) mass is 413 g/mol. The van der Waals surface area contributed by atoms with Gasteiger partial charge in [-0.05, 0) is 65.7 Å². The molecule has 1 saturated carbocycles. The number of ether oxygens (including phenoxy) is 1. The third kappa shape index (κ3) is 3.94. The van der Waals surface area contributed by atoms with Gasteiger partial charge in [0.05, 0.1) is 16.6 Å². The maximum absolute atomic E-state index is 12.7. The standard InChI is InChI=1S/C23H35N5O2/c1-22(2,3)30-21(29)27-13-12-26(15-23(27,4)5)17-10-11-18-19(14-17)28(20(24)25-18)16-8-6-7-9-16/h10-11,14,16H,6-9,12-13,15H2,1-5H3,(H2,24,25). The molecule has 0 bridgehead atoms. The molecule has 1 aromatic heterocycles. The molecule has 30 heavy (non-hydrogen) atoms. The van der Waals surface area contributed by atoms with Crippen molar-refractivity contribution in [2.24, 2.45) is 0 Å². The first-order valence-corrected chi connectivity index (χ1v) is 11.1. The van der Waals surface area contributed by atoms with Crippen LogP contribution in [0.2, 0.25) is 0 Å². The molecule has 164 valence electrons. The predicted molar refractivity (Wildman–Crippen MR) is 121 cm³/mol. The minimum Gasteiger partial charge on any atom is -0.444 e. The van der Waals surface area contributed by atoms with E-state index in [9.17, 15) is 4.79 Å². The Morgan fingerprint density at radius 1 is 1.20 bits per heavy atom. The number of hydrogen-bond acceptors (Lipinski definition) is 5. The summed E-state index contributed by atoms with van der Waals surface area (Å²) in [6.07, 6.45) is 4.60. The molecule has 2 aliphatic rings. The van der Waals surface area contributed by atoms with Gasteiger partial charge in [-0.2, -0.15) is 0 Å². The van der Waals surface area contributed by atoms with Gasteiger partial charge in [-0.3, -0.25) is 4.90 Å². The number of anilines is 2. The summed E-state index contributed by atoms with van der Waals surface area (Å²) < 4.78 is 7.86. The molecule has 1 aromatic carbocycles. The van der Waals surface area contributed by atoms with Crippen LogP contribution in [0.1, 0.15) is 66.3 Å². The van der Waals surface area contributed by atoms with Gasteiger partial charge in [-0.15, -0.1) is 0 Å². The summed E-state index contributed by atoms with van der Waals surface area (Å²) in [6, 6.07) is 6.86. The topological polar surface area (TPSA) is 76.6 Å². The zero-order chi connectivity index (χ0) is 21.7. The normalized spacial score (nSPS) is 20.2. The minimum absolute atomic E-state index is 0.241. The van der Waals surface area contributed by atoms with Crippen molar-refractivity contribution in [3.05, 3.63) is 18.2 Å². The average molecular weight is 414 g/mol. The second-order valence-corrected chi connectivity index (χ2v) is 10.3. The number of carbonyl (C=O) groups is 1. The van der Waals surface area contributed by atoms with E-state index in [1.165, 1.54) is 25.7 Å². The van der Waals surface area contributed by atoms with Crippen LogP contribution in [0.25, 0.3) is 11.0 Å². The lowest BCUT2D eigenvalue weighted by molar-refractivity contribution is 0.000378. The van der Waals surface area contributed by atoms with Gasteiger partial charge in [-0.25, -0.2) is 9.78 Å². The summed E-state index contributed by atoms with van der Waals surface area (Å²) in [5.74, 6) is 0.615. The van der Waals surface area contributed by atoms with E-state index in [0.29, 0.717) is 18.5 Å². The first-order valence-electron chi connectivity index (χ1n) is 11.1. The van der Waals surface area contributed by atoms with Crippen molar-refractivity contribution in [1.29, 1.82) is 0 Å². The zero-order valence-electron chi connectivity index (χ0n) is 18.9. The highest BCUT2D eigenvalue weighted by Crippen LogP contribution is 2.36. The van der Waals surface area contributed by atoms with E-state index in [2.05, 4.69) is 46.5 Å². The van der Waals surface area contributed by atoms with Crippen molar-refractivity contribution in [2.75, 3.05) is 30.3 Å². The Kier molecular flexibility index (Phi) is 5.11. The third-order valence-corrected chi connectivity index (χ3v) is 6.27. The molecule has 1 amide bonds. The van der Waals surface area contributed by atoms with Gasteiger partial charge >= 0.3 is 6.09 Å². The number of piperazine rings is 1. The van der Waals surface area contributed by atoms with Crippen LogP contribution in [0.5, 0.6) is 0 Å². The van der Waals surface area contributed by atoms with Gasteiger partial charge < -0.3 is 19.9 Å². The number of carbonyl (C=O) groups excluding carboxylic acids is 1. The van der Waals surface area contributed by atoms with Crippen molar-refractivity contribution in [3.8, 4) is 0 Å². The molecular formula is C23H35N5O2. The zero-order valence-corrected chi connectivity index (χ0v) is 18.9. The van der Waals surface area contributed by atoms with E-state index < -0.39 is 5.60 Å². The number of imidazole rings is 1. The van der Waals surface area contributed by atoms with Crippen LogP contribution in [0.15, 0.2) is 18.2 Å². The highest BCUT2D eigenvalue weighted by Gasteiger charge is 2.39. The summed E-state index contributed by atoms with van der Waals surface area (Å²) in [7, 11) is 0. The van der Waals surface area contributed by atoms with E-state index in [0.717, 1.165) is 29.8 Å². The summed E-state index contributed by atoms with van der Waals surface area (Å²) in [6.45, 7) is 12.1. The number of nitrogen functional groups attached to an aromatic ring is 1.